The summed E-state index contributed by atoms with van der Waals surface area (Å²) >= 11 is 0. The third kappa shape index (κ3) is 6.18. The molecule has 2 aromatic rings. The van der Waals surface area contributed by atoms with Crippen LogP contribution in [0.3, 0.4) is 0 Å². The zero-order valence-electron chi connectivity index (χ0n) is 17.3. The summed E-state index contributed by atoms with van der Waals surface area (Å²) in [6.07, 6.45) is 6.12. The Morgan fingerprint density at radius 2 is 1.55 bits per heavy atom. The van der Waals surface area contributed by atoms with E-state index in [1.54, 1.807) is 4.90 Å². The molecule has 0 saturated heterocycles. The number of nitrogens with one attached hydrogen (secondary N) is 1. The van der Waals surface area contributed by atoms with Crippen molar-refractivity contribution in [3.05, 3.63) is 71.8 Å². The van der Waals surface area contributed by atoms with E-state index in [1.807, 2.05) is 55.5 Å². The van der Waals surface area contributed by atoms with Crippen molar-refractivity contribution in [2.45, 2.75) is 64.0 Å². The number of carbonyl (C=O) groups is 2. The normalized spacial score (nSPS) is 15.1. The van der Waals surface area contributed by atoms with Gasteiger partial charge < -0.3 is 10.2 Å². The summed E-state index contributed by atoms with van der Waals surface area (Å²) in [7, 11) is 0. The lowest BCUT2D eigenvalue weighted by Crippen LogP contribution is -2.52. The molecule has 1 N–H and O–H groups in total. The van der Waals surface area contributed by atoms with Crippen LogP contribution in [0, 0.1) is 0 Å². The number of amides is 2. The van der Waals surface area contributed by atoms with Gasteiger partial charge in [0.1, 0.15) is 6.04 Å². The van der Waals surface area contributed by atoms with E-state index in [1.165, 1.54) is 18.4 Å². The van der Waals surface area contributed by atoms with Crippen molar-refractivity contribution in [1.82, 2.24) is 10.2 Å². The van der Waals surface area contributed by atoms with Crippen molar-refractivity contribution in [2.75, 3.05) is 6.54 Å². The van der Waals surface area contributed by atoms with E-state index in [-0.39, 0.29) is 17.9 Å². The quantitative estimate of drug-likeness (QED) is 0.697. The number of nitrogens with zero attached hydrogens (tertiary/aromatic N) is 1. The van der Waals surface area contributed by atoms with Crippen molar-refractivity contribution in [2.24, 2.45) is 0 Å². The minimum atomic E-state index is -0.421. The van der Waals surface area contributed by atoms with Gasteiger partial charge in [0.05, 0.1) is 6.42 Å². The molecule has 1 aliphatic carbocycles. The highest BCUT2D eigenvalue weighted by Crippen LogP contribution is 2.19. The molecular weight excluding hydrogens is 360 g/mol. The molecule has 1 atom stereocenters. The summed E-state index contributed by atoms with van der Waals surface area (Å²) < 4.78 is 0. The van der Waals surface area contributed by atoms with Gasteiger partial charge in [0.15, 0.2) is 0 Å². The molecule has 0 aliphatic heterocycles. The third-order valence-electron chi connectivity index (χ3n) is 5.77. The molecule has 3 rings (SSSR count). The lowest BCUT2D eigenvalue weighted by molar-refractivity contribution is -0.140. The lowest BCUT2D eigenvalue weighted by Gasteiger charge is -2.31. The monoisotopic (exact) mass is 392 g/mol. The maximum absolute atomic E-state index is 13.2. The van der Waals surface area contributed by atoms with E-state index in [0.29, 0.717) is 19.4 Å². The van der Waals surface area contributed by atoms with Crippen LogP contribution >= 0.6 is 0 Å². The van der Waals surface area contributed by atoms with Gasteiger partial charge in [0, 0.05) is 12.6 Å². The number of hydrogen-bond donors (Lipinski definition) is 1. The number of hydrogen-bond acceptors (Lipinski definition) is 2. The van der Waals surface area contributed by atoms with Crippen LogP contribution in [0.25, 0.3) is 0 Å². The van der Waals surface area contributed by atoms with Gasteiger partial charge in [-0.1, -0.05) is 80.4 Å². The Kier molecular flexibility index (Phi) is 7.85. The Morgan fingerprint density at radius 3 is 2.14 bits per heavy atom. The first-order chi connectivity index (χ1) is 14.2. The standard InChI is InChI=1S/C25H32N2O2/c1-2-23(25(29)26-22-15-9-10-16-22)27(18-17-20-11-5-3-6-12-20)24(28)19-21-13-7-4-8-14-21/h3-8,11-14,22-23H,2,9-10,15-19H2,1H3,(H,26,29)/t23-/m0/s1. The van der Waals surface area contributed by atoms with Gasteiger partial charge in [0.25, 0.3) is 0 Å². The van der Waals surface area contributed by atoms with Crippen LogP contribution in [-0.4, -0.2) is 35.3 Å². The maximum atomic E-state index is 13.2. The average molecular weight is 393 g/mol. The third-order valence-corrected chi connectivity index (χ3v) is 5.77. The Hall–Kier alpha value is -2.62. The molecule has 0 radical (unpaired) electrons. The van der Waals surface area contributed by atoms with Crippen LogP contribution in [0.5, 0.6) is 0 Å². The minimum absolute atomic E-state index is 0.00567. The second-order valence-electron chi connectivity index (χ2n) is 7.90. The first-order valence-corrected chi connectivity index (χ1v) is 10.8. The fourth-order valence-corrected chi connectivity index (χ4v) is 4.14. The SMILES string of the molecule is CC[C@@H](C(=O)NC1CCCC1)N(CCc1ccccc1)C(=O)Cc1ccccc1. The van der Waals surface area contributed by atoms with E-state index in [0.717, 1.165) is 24.8 Å². The number of carbonyl (C=O) groups excluding carboxylic acids is 2. The van der Waals surface area contributed by atoms with Gasteiger partial charge in [-0.2, -0.15) is 0 Å². The molecule has 0 aromatic heterocycles. The highest BCUT2D eigenvalue weighted by atomic mass is 16.2. The molecule has 0 heterocycles. The average Bonchev–Trinajstić information content (AvgIpc) is 3.25. The minimum Gasteiger partial charge on any atom is -0.352 e. The van der Waals surface area contributed by atoms with Crippen molar-refractivity contribution in [3.63, 3.8) is 0 Å². The molecule has 1 fully saturated rings. The van der Waals surface area contributed by atoms with E-state index in [2.05, 4.69) is 17.4 Å². The van der Waals surface area contributed by atoms with Crippen LogP contribution in [0.2, 0.25) is 0 Å². The maximum Gasteiger partial charge on any atom is 0.243 e. The lowest BCUT2D eigenvalue weighted by atomic mass is 10.1. The second-order valence-corrected chi connectivity index (χ2v) is 7.90. The highest BCUT2D eigenvalue weighted by molar-refractivity contribution is 5.88. The molecule has 29 heavy (non-hydrogen) atoms. The summed E-state index contributed by atoms with van der Waals surface area (Å²) in [4.78, 5) is 28.1. The Balaban J connectivity index is 1.73. The van der Waals surface area contributed by atoms with E-state index in [9.17, 15) is 9.59 Å². The molecule has 0 bridgehead atoms. The molecule has 1 saturated carbocycles. The molecule has 2 aromatic carbocycles. The van der Waals surface area contributed by atoms with Crippen molar-refractivity contribution in [1.29, 1.82) is 0 Å². The first kappa shape index (κ1) is 21.1. The van der Waals surface area contributed by atoms with Crippen molar-refractivity contribution < 1.29 is 9.59 Å². The Morgan fingerprint density at radius 1 is 0.966 bits per heavy atom. The zero-order chi connectivity index (χ0) is 20.5. The Bertz CT molecular complexity index is 770. The fraction of sp³-hybridized carbons (Fsp3) is 0.440. The first-order valence-electron chi connectivity index (χ1n) is 10.8. The van der Waals surface area contributed by atoms with E-state index in [4.69, 9.17) is 0 Å². The van der Waals surface area contributed by atoms with Gasteiger partial charge in [0.2, 0.25) is 11.8 Å². The number of rotatable bonds is 9. The molecule has 2 amide bonds. The van der Waals surface area contributed by atoms with Crippen LogP contribution in [-0.2, 0) is 22.4 Å². The van der Waals surface area contributed by atoms with Crippen LogP contribution in [0.1, 0.15) is 50.2 Å². The molecule has 1 aliphatic rings. The van der Waals surface area contributed by atoms with Gasteiger partial charge in [-0.15, -0.1) is 0 Å². The summed E-state index contributed by atoms with van der Waals surface area (Å²) in [5.74, 6) is 0.00873. The van der Waals surface area contributed by atoms with E-state index < -0.39 is 6.04 Å². The highest BCUT2D eigenvalue weighted by Gasteiger charge is 2.30. The molecular formula is C25H32N2O2. The largest absolute Gasteiger partial charge is 0.352 e. The van der Waals surface area contributed by atoms with Crippen LogP contribution in [0.4, 0.5) is 0 Å². The van der Waals surface area contributed by atoms with Crippen LogP contribution in [0.15, 0.2) is 60.7 Å². The van der Waals surface area contributed by atoms with Gasteiger partial charge in [-0.3, -0.25) is 9.59 Å². The van der Waals surface area contributed by atoms with Gasteiger partial charge in [-0.05, 0) is 36.8 Å². The molecule has 4 nitrogen and oxygen atoms in total. The van der Waals surface area contributed by atoms with Crippen molar-refractivity contribution in [3.8, 4) is 0 Å². The molecule has 154 valence electrons. The van der Waals surface area contributed by atoms with E-state index >= 15 is 0 Å². The summed E-state index contributed by atoms with van der Waals surface area (Å²) in [6, 6.07) is 19.8. The number of benzene rings is 2. The summed E-state index contributed by atoms with van der Waals surface area (Å²) in [5.41, 5.74) is 2.16. The van der Waals surface area contributed by atoms with Gasteiger partial charge in [-0.25, -0.2) is 0 Å². The fourth-order valence-electron chi connectivity index (χ4n) is 4.14. The predicted molar refractivity (Wildman–Crippen MR) is 116 cm³/mol. The van der Waals surface area contributed by atoms with Crippen LogP contribution < -0.4 is 5.32 Å². The van der Waals surface area contributed by atoms with Gasteiger partial charge >= 0.3 is 0 Å². The summed E-state index contributed by atoms with van der Waals surface area (Å²) in [6.45, 7) is 2.54. The molecule has 0 unspecified atom stereocenters. The topological polar surface area (TPSA) is 49.4 Å². The molecule has 0 spiro atoms. The predicted octanol–water partition coefficient (Wildman–Crippen LogP) is 4.14. The smallest absolute Gasteiger partial charge is 0.243 e. The zero-order valence-corrected chi connectivity index (χ0v) is 17.3. The Labute approximate surface area is 174 Å². The molecule has 4 heteroatoms. The van der Waals surface area contributed by atoms with Crippen molar-refractivity contribution >= 4 is 11.8 Å². The second kappa shape index (κ2) is 10.8. The summed E-state index contributed by atoms with van der Waals surface area (Å²) in [5, 5.41) is 3.19.